The summed E-state index contributed by atoms with van der Waals surface area (Å²) >= 11 is 0. The second-order valence-corrected chi connectivity index (χ2v) is 5.52. The number of hydrogen-bond acceptors (Lipinski definition) is 7. The number of ether oxygens (including phenoxy) is 3. The molecule has 0 radical (unpaired) electrons. The molecule has 25 heavy (non-hydrogen) atoms. The first-order valence-corrected chi connectivity index (χ1v) is 7.76. The van der Waals surface area contributed by atoms with Crippen LogP contribution in [0.3, 0.4) is 0 Å². The summed E-state index contributed by atoms with van der Waals surface area (Å²) in [5.74, 6) is 2.26. The Labute approximate surface area is 145 Å². The van der Waals surface area contributed by atoms with E-state index in [0.29, 0.717) is 35.1 Å². The molecule has 3 aromatic rings. The normalized spacial score (nSPS) is 10.8. The van der Waals surface area contributed by atoms with E-state index in [1.54, 1.807) is 21.3 Å². The van der Waals surface area contributed by atoms with Crippen LogP contribution in [-0.4, -0.2) is 41.1 Å². The molecule has 132 valence electrons. The number of benzene rings is 1. The molecule has 0 atom stereocenters. The van der Waals surface area contributed by atoms with Crippen LogP contribution in [0.15, 0.2) is 18.5 Å². The second kappa shape index (κ2) is 6.84. The number of methoxy groups -OCH3 is 3. The molecule has 0 fully saturated rings. The third-order valence-corrected chi connectivity index (χ3v) is 3.97. The van der Waals surface area contributed by atoms with Crippen LogP contribution in [0.5, 0.6) is 17.2 Å². The third-order valence-electron chi connectivity index (χ3n) is 3.97. The SMILES string of the molecule is COc1cc2c(NCc3cc(C)nn3C)ncnc2c(OC)c1OC. The molecule has 1 N–H and O–H groups in total. The van der Waals surface area contributed by atoms with E-state index in [2.05, 4.69) is 20.4 Å². The topological polar surface area (TPSA) is 83.3 Å². The number of nitrogens with zero attached hydrogens (tertiary/aromatic N) is 4. The van der Waals surface area contributed by atoms with Gasteiger partial charge >= 0.3 is 0 Å². The molecule has 0 saturated heterocycles. The monoisotopic (exact) mass is 343 g/mol. The number of aryl methyl sites for hydroxylation is 2. The highest BCUT2D eigenvalue weighted by Crippen LogP contribution is 2.43. The zero-order valence-electron chi connectivity index (χ0n) is 15.0. The number of aromatic nitrogens is 4. The number of rotatable bonds is 6. The summed E-state index contributed by atoms with van der Waals surface area (Å²) < 4.78 is 18.2. The Hall–Kier alpha value is -3.03. The Bertz CT molecular complexity index is 907. The summed E-state index contributed by atoms with van der Waals surface area (Å²) in [6.45, 7) is 2.55. The maximum atomic E-state index is 5.50. The van der Waals surface area contributed by atoms with E-state index in [-0.39, 0.29) is 0 Å². The number of anilines is 1. The van der Waals surface area contributed by atoms with Crippen molar-refractivity contribution in [2.45, 2.75) is 13.5 Å². The van der Waals surface area contributed by atoms with Gasteiger partial charge in [-0.1, -0.05) is 0 Å². The van der Waals surface area contributed by atoms with E-state index in [1.165, 1.54) is 6.33 Å². The van der Waals surface area contributed by atoms with Crippen LogP contribution in [0, 0.1) is 6.92 Å². The average Bonchev–Trinajstić information content (AvgIpc) is 2.95. The van der Waals surface area contributed by atoms with Gasteiger partial charge in [-0.15, -0.1) is 0 Å². The van der Waals surface area contributed by atoms with Crippen molar-refractivity contribution in [3.8, 4) is 17.2 Å². The highest BCUT2D eigenvalue weighted by Gasteiger charge is 2.19. The molecule has 0 bridgehead atoms. The van der Waals surface area contributed by atoms with E-state index in [4.69, 9.17) is 14.2 Å². The van der Waals surface area contributed by atoms with Gasteiger partial charge in [0.15, 0.2) is 11.5 Å². The van der Waals surface area contributed by atoms with Gasteiger partial charge in [-0.05, 0) is 19.1 Å². The summed E-state index contributed by atoms with van der Waals surface area (Å²) in [4.78, 5) is 8.71. The summed E-state index contributed by atoms with van der Waals surface area (Å²) in [6, 6.07) is 3.87. The quantitative estimate of drug-likeness (QED) is 0.735. The molecule has 8 heteroatoms. The minimum atomic E-state index is 0.504. The van der Waals surface area contributed by atoms with Crippen LogP contribution in [0.4, 0.5) is 5.82 Å². The molecular weight excluding hydrogens is 322 g/mol. The molecule has 0 amide bonds. The van der Waals surface area contributed by atoms with Crippen LogP contribution in [-0.2, 0) is 13.6 Å². The standard InChI is InChI=1S/C17H21N5O3/c1-10-6-11(22(2)21-10)8-18-17-12-7-13(23-3)15(24-4)16(25-5)14(12)19-9-20-17/h6-7,9H,8H2,1-5H3,(H,18,19,20). The molecule has 0 saturated carbocycles. The second-order valence-electron chi connectivity index (χ2n) is 5.52. The van der Waals surface area contributed by atoms with Gasteiger partial charge in [0.25, 0.3) is 0 Å². The zero-order chi connectivity index (χ0) is 18.0. The maximum absolute atomic E-state index is 5.50. The van der Waals surface area contributed by atoms with Crippen molar-refractivity contribution in [2.75, 3.05) is 26.6 Å². The van der Waals surface area contributed by atoms with Gasteiger partial charge in [0, 0.05) is 7.05 Å². The minimum absolute atomic E-state index is 0.504. The van der Waals surface area contributed by atoms with Crippen molar-refractivity contribution in [3.63, 3.8) is 0 Å². The lowest BCUT2D eigenvalue weighted by atomic mass is 10.2. The average molecular weight is 343 g/mol. The van der Waals surface area contributed by atoms with E-state index in [1.807, 2.05) is 30.8 Å². The highest BCUT2D eigenvalue weighted by atomic mass is 16.5. The van der Waals surface area contributed by atoms with Gasteiger partial charge in [-0.25, -0.2) is 9.97 Å². The maximum Gasteiger partial charge on any atom is 0.205 e. The predicted molar refractivity (Wildman–Crippen MR) is 94.5 cm³/mol. The number of nitrogens with one attached hydrogen (secondary N) is 1. The minimum Gasteiger partial charge on any atom is -0.493 e. The van der Waals surface area contributed by atoms with Gasteiger partial charge in [-0.2, -0.15) is 5.10 Å². The lowest BCUT2D eigenvalue weighted by Gasteiger charge is -2.15. The fourth-order valence-electron chi connectivity index (χ4n) is 2.81. The van der Waals surface area contributed by atoms with Gasteiger partial charge in [0.05, 0.1) is 44.6 Å². The highest BCUT2D eigenvalue weighted by molar-refractivity contribution is 5.96. The molecule has 3 rings (SSSR count). The Kier molecular flexibility index (Phi) is 4.60. The van der Waals surface area contributed by atoms with Gasteiger partial charge < -0.3 is 19.5 Å². The van der Waals surface area contributed by atoms with Gasteiger partial charge in [0.1, 0.15) is 17.7 Å². The molecule has 0 aliphatic carbocycles. The van der Waals surface area contributed by atoms with E-state index >= 15 is 0 Å². The summed E-state index contributed by atoms with van der Waals surface area (Å²) in [5, 5.41) is 8.47. The van der Waals surface area contributed by atoms with Crippen LogP contribution < -0.4 is 19.5 Å². The Morgan fingerprint density at radius 1 is 1.04 bits per heavy atom. The molecule has 8 nitrogen and oxygen atoms in total. The number of fused-ring (bicyclic) bond motifs is 1. The molecule has 2 heterocycles. The van der Waals surface area contributed by atoms with Crippen LogP contribution >= 0.6 is 0 Å². The molecule has 0 unspecified atom stereocenters. The molecular formula is C17H21N5O3. The molecule has 0 spiro atoms. The molecule has 2 aromatic heterocycles. The predicted octanol–water partition coefficient (Wildman–Crippen LogP) is 2.31. The Balaban J connectivity index is 2.05. The van der Waals surface area contributed by atoms with Crippen LogP contribution in [0.25, 0.3) is 10.9 Å². The third kappa shape index (κ3) is 3.02. The van der Waals surface area contributed by atoms with Gasteiger partial charge in [-0.3, -0.25) is 4.68 Å². The lowest BCUT2D eigenvalue weighted by molar-refractivity contribution is 0.327. The first-order chi connectivity index (χ1) is 12.1. The summed E-state index contributed by atoms with van der Waals surface area (Å²) in [5.41, 5.74) is 2.68. The number of hydrogen-bond donors (Lipinski definition) is 1. The summed E-state index contributed by atoms with van der Waals surface area (Å²) in [7, 11) is 6.64. The smallest absolute Gasteiger partial charge is 0.205 e. The fourth-order valence-corrected chi connectivity index (χ4v) is 2.81. The largest absolute Gasteiger partial charge is 0.493 e. The van der Waals surface area contributed by atoms with E-state index in [9.17, 15) is 0 Å². The zero-order valence-corrected chi connectivity index (χ0v) is 15.0. The molecule has 0 aliphatic rings. The van der Waals surface area contributed by atoms with Crippen molar-refractivity contribution < 1.29 is 14.2 Å². The van der Waals surface area contributed by atoms with Crippen molar-refractivity contribution >= 4 is 16.7 Å². The van der Waals surface area contributed by atoms with Crippen molar-refractivity contribution in [1.29, 1.82) is 0 Å². The van der Waals surface area contributed by atoms with Crippen LogP contribution in [0.1, 0.15) is 11.4 Å². The van der Waals surface area contributed by atoms with Gasteiger partial charge in [0.2, 0.25) is 5.75 Å². The Morgan fingerprint density at radius 3 is 2.40 bits per heavy atom. The molecule has 0 aliphatic heterocycles. The van der Waals surface area contributed by atoms with Crippen molar-refractivity contribution in [2.24, 2.45) is 7.05 Å². The molecule has 1 aromatic carbocycles. The van der Waals surface area contributed by atoms with E-state index < -0.39 is 0 Å². The fraction of sp³-hybridized carbons (Fsp3) is 0.353. The first kappa shape index (κ1) is 16.8. The lowest BCUT2D eigenvalue weighted by Crippen LogP contribution is -2.07. The van der Waals surface area contributed by atoms with E-state index in [0.717, 1.165) is 16.8 Å². The van der Waals surface area contributed by atoms with Crippen molar-refractivity contribution in [3.05, 3.63) is 29.8 Å². The summed E-state index contributed by atoms with van der Waals surface area (Å²) in [6.07, 6.45) is 1.49. The van der Waals surface area contributed by atoms with Crippen LogP contribution in [0.2, 0.25) is 0 Å². The van der Waals surface area contributed by atoms with Crippen molar-refractivity contribution in [1.82, 2.24) is 19.7 Å². The Morgan fingerprint density at radius 2 is 1.80 bits per heavy atom. The first-order valence-electron chi connectivity index (χ1n) is 7.76.